The van der Waals surface area contributed by atoms with Gasteiger partial charge in [-0.25, -0.2) is 18.4 Å². The molecule has 2 heterocycles. The van der Waals surface area contributed by atoms with E-state index in [0.717, 1.165) is 18.4 Å². The molecule has 1 atom stereocenters. The minimum atomic E-state index is -3.54. The molecular weight excluding hydrogens is 350 g/mol. The number of sulfonamides is 1. The number of piperidine rings is 1. The van der Waals surface area contributed by atoms with E-state index in [1.54, 1.807) is 30.6 Å². The fourth-order valence-electron chi connectivity index (χ4n) is 2.99. The predicted octanol–water partition coefficient (Wildman–Crippen LogP) is 3.01. The lowest BCUT2D eigenvalue weighted by Gasteiger charge is -2.31. The number of hydrogen-bond donors (Lipinski definition) is 0. The summed E-state index contributed by atoms with van der Waals surface area (Å²) in [5.41, 5.74) is 1.10. The summed E-state index contributed by atoms with van der Waals surface area (Å²) in [7, 11) is -3.54. The van der Waals surface area contributed by atoms with Gasteiger partial charge in [0.25, 0.3) is 0 Å². The quantitative estimate of drug-likeness (QED) is 0.821. The summed E-state index contributed by atoms with van der Waals surface area (Å²) in [6.07, 6.45) is 4.51. The van der Waals surface area contributed by atoms with Crippen LogP contribution in [0.4, 0.5) is 0 Å². The lowest BCUT2D eigenvalue weighted by molar-refractivity contribution is 0.119. The van der Waals surface area contributed by atoms with Gasteiger partial charge in [0.15, 0.2) is 0 Å². The number of hydrogen-bond acceptors (Lipinski definition) is 5. The Kier molecular flexibility index (Phi) is 5.29. The first-order valence-electron chi connectivity index (χ1n) is 8.81. The van der Waals surface area contributed by atoms with Crippen LogP contribution in [0.15, 0.2) is 47.6 Å². The maximum atomic E-state index is 13.0. The molecule has 0 N–H and O–H groups in total. The fourth-order valence-corrected chi connectivity index (χ4v) is 4.50. The van der Waals surface area contributed by atoms with E-state index in [4.69, 9.17) is 4.74 Å². The van der Waals surface area contributed by atoms with Crippen molar-refractivity contribution < 1.29 is 13.2 Å². The molecule has 1 aromatic heterocycles. The third-order valence-electron chi connectivity index (χ3n) is 4.51. The van der Waals surface area contributed by atoms with Crippen LogP contribution in [-0.2, 0) is 15.4 Å². The van der Waals surface area contributed by atoms with E-state index in [9.17, 15) is 8.42 Å². The van der Waals surface area contributed by atoms with Gasteiger partial charge >= 0.3 is 6.01 Å². The molecule has 0 amide bonds. The second-order valence-corrected chi connectivity index (χ2v) is 9.49. The standard InChI is InChI=1S/C19H25N3O3S/c1-19(2,3)15-7-9-17(10-8-15)26(23,24)22-13-4-6-16(14-22)25-18-20-11-5-12-21-18/h5,7-12,16H,4,6,13-14H2,1-3H3. The van der Waals surface area contributed by atoms with E-state index >= 15 is 0 Å². The molecule has 1 aliphatic heterocycles. The molecule has 1 fully saturated rings. The van der Waals surface area contributed by atoms with Crippen molar-refractivity contribution in [2.24, 2.45) is 0 Å². The summed E-state index contributed by atoms with van der Waals surface area (Å²) >= 11 is 0. The van der Waals surface area contributed by atoms with E-state index in [0.29, 0.717) is 18.0 Å². The van der Waals surface area contributed by atoms with Gasteiger partial charge in [0.2, 0.25) is 10.0 Å². The Morgan fingerprint density at radius 2 is 1.77 bits per heavy atom. The lowest BCUT2D eigenvalue weighted by Crippen LogP contribution is -2.44. The van der Waals surface area contributed by atoms with Crippen molar-refractivity contribution >= 4 is 10.0 Å². The zero-order valence-corrected chi connectivity index (χ0v) is 16.2. The van der Waals surface area contributed by atoms with Gasteiger partial charge in [-0.2, -0.15) is 4.31 Å². The molecule has 0 radical (unpaired) electrons. The van der Waals surface area contributed by atoms with E-state index in [1.165, 1.54) is 4.31 Å². The fraction of sp³-hybridized carbons (Fsp3) is 0.474. The lowest BCUT2D eigenvalue weighted by atomic mass is 9.87. The van der Waals surface area contributed by atoms with Crippen LogP contribution in [0, 0.1) is 0 Å². The van der Waals surface area contributed by atoms with Crippen LogP contribution in [-0.4, -0.2) is 41.9 Å². The summed E-state index contributed by atoms with van der Waals surface area (Å²) in [5, 5.41) is 0. The molecule has 0 bridgehead atoms. The van der Waals surface area contributed by atoms with Crippen molar-refractivity contribution in [3.8, 4) is 6.01 Å². The van der Waals surface area contributed by atoms with Gasteiger partial charge in [-0.1, -0.05) is 32.9 Å². The van der Waals surface area contributed by atoms with Crippen LogP contribution in [0.5, 0.6) is 6.01 Å². The number of ether oxygens (including phenoxy) is 1. The van der Waals surface area contributed by atoms with Crippen molar-refractivity contribution in [1.82, 2.24) is 14.3 Å². The Balaban J connectivity index is 1.74. The van der Waals surface area contributed by atoms with Gasteiger partial charge in [0, 0.05) is 18.9 Å². The molecule has 1 aromatic carbocycles. The molecule has 26 heavy (non-hydrogen) atoms. The maximum Gasteiger partial charge on any atom is 0.316 e. The number of benzene rings is 1. The van der Waals surface area contributed by atoms with Gasteiger partial charge in [0.1, 0.15) is 6.10 Å². The molecule has 0 spiro atoms. The van der Waals surface area contributed by atoms with Gasteiger partial charge < -0.3 is 4.74 Å². The third-order valence-corrected chi connectivity index (χ3v) is 6.39. The first kappa shape index (κ1) is 18.8. The molecule has 1 unspecified atom stereocenters. The summed E-state index contributed by atoms with van der Waals surface area (Å²) in [5.74, 6) is 0. The highest BCUT2D eigenvalue weighted by molar-refractivity contribution is 7.89. The zero-order chi connectivity index (χ0) is 18.8. The second kappa shape index (κ2) is 7.32. The van der Waals surface area contributed by atoms with E-state index in [-0.39, 0.29) is 17.5 Å². The summed E-state index contributed by atoms with van der Waals surface area (Å²) in [6.45, 7) is 7.12. The van der Waals surface area contributed by atoms with Gasteiger partial charge in [-0.3, -0.25) is 0 Å². The smallest absolute Gasteiger partial charge is 0.316 e. The van der Waals surface area contributed by atoms with Crippen molar-refractivity contribution in [2.75, 3.05) is 13.1 Å². The van der Waals surface area contributed by atoms with Crippen molar-refractivity contribution in [2.45, 2.75) is 50.0 Å². The maximum absolute atomic E-state index is 13.0. The van der Waals surface area contributed by atoms with Crippen molar-refractivity contribution in [3.63, 3.8) is 0 Å². The first-order valence-corrected chi connectivity index (χ1v) is 10.3. The average molecular weight is 375 g/mol. The topological polar surface area (TPSA) is 72.4 Å². The predicted molar refractivity (Wildman–Crippen MR) is 99.6 cm³/mol. The normalized spacial score (nSPS) is 19.3. The van der Waals surface area contributed by atoms with Crippen molar-refractivity contribution in [3.05, 3.63) is 48.3 Å². The second-order valence-electron chi connectivity index (χ2n) is 7.55. The molecule has 7 heteroatoms. The molecule has 0 aliphatic carbocycles. The number of nitrogens with zero attached hydrogens (tertiary/aromatic N) is 3. The Labute approximate surface area is 155 Å². The van der Waals surface area contributed by atoms with Crippen LogP contribution >= 0.6 is 0 Å². The molecule has 3 rings (SSSR count). The molecular formula is C19H25N3O3S. The molecule has 140 valence electrons. The third kappa shape index (κ3) is 4.22. The Hall–Kier alpha value is -1.99. The minimum absolute atomic E-state index is 0.0119. The Morgan fingerprint density at radius 3 is 2.38 bits per heavy atom. The summed E-state index contributed by atoms with van der Waals surface area (Å²) in [4.78, 5) is 8.42. The Bertz CT molecular complexity index is 831. The average Bonchev–Trinajstić information content (AvgIpc) is 2.62. The van der Waals surface area contributed by atoms with Gasteiger partial charge in [0.05, 0.1) is 11.4 Å². The van der Waals surface area contributed by atoms with Crippen LogP contribution < -0.4 is 4.74 Å². The highest BCUT2D eigenvalue weighted by Crippen LogP contribution is 2.26. The van der Waals surface area contributed by atoms with Crippen LogP contribution in [0.25, 0.3) is 0 Å². The molecule has 2 aromatic rings. The molecule has 1 aliphatic rings. The largest absolute Gasteiger partial charge is 0.459 e. The number of rotatable bonds is 4. The monoisotopic (exact) mass is 375 g/mol. The molecule has 6 nitrogen and oxygen atoms in total. The van der Waals surface area contributed by atoms with Crippen molar-refractivity contribution in [1.29, 1.82) is 0 Å². The van der Waals surface area contributed by atoms with Gasteiger partial charge in [-0.05, 0) is 42.0 Å². The minimum Gasteiger partial charge on any atom is -0.459 e. The molecule has 0 saturated carbocycles. The van der Waals surface area contributed by atoms with Crippen LogP contribution in [0.2, 0.25) is 0 Å². The summed E-state index contributed by atoms with van der Waals surface area (Å²) in [6, 6.07) is 9.17. The van der Waals surface area contributed by atoms with Gasteiger partial charge in [-0.15, -0.1) is 0 Å². The van der Waals surface area contributed by atoms with E-state index in [2.05, 4.69) is 30.7 Å². The highest BCUT2D eigenvalue weighted by Gasteiger charge is 2.31. The highest BCUT2D eigenvalue weighted by atomic mass is 32.2. The number of aromatic nitrogens is 2. The van der Waals surface area contributed by atoms with E-state index < -0.39 is 10.0 Å². The zero-order valence-electron chi connectivity index (χ0n) is 15.4. The van der Waals surface area contributed by atoms with Crippen LogP contribution in [0.1, 0.15) is 39.2 Å². The first-order chi connectivity index (χ1) is 12.3. The SMILES string of the molecule is CC(C)(C)c1ccc(S(=O)(=O)N2CCCC(Oc3ncccn3)C2)cc1. The summed E-state index contributed by atoms with van der Waals surface area (Å²) < 4.78 is 33.2. The van der Waals surface area contributed by atoms with Crippen LogP contribution in [0.3, 0.4) is 0 Å². The van der Waals surface area contributed by atoms with E-state index in [1.807, 2.05) is 12.1 Å². The molecule has 1 saturated heterocycles. The Morgan fingerprint density at radius 1 is 1.12 bits per heavy atom.